The minimum absolute atomic E-state index is 0.0508. The third-order valence-electron chi connectivity index (χ3n) is 4.75. The number of hydrogen-bond donors (Lipinski definition) is 1. The van der Waals surface area contributed by atoms with E-state index in [4.69, 9.17) is 23.2 Å². The molecule has 2 aromatic carbocycles. The molecular formula is C20H21Cl2N5O3. The summed E-state index contributed by atoms with van der Waals surface area (Å²) in [7, 11) is 0. The standard InChI is InChI=1S/C20H21Cl2N5O3/c21-17-4-2-1-3-16(17)13-25-7-9-26(10-8-25)14-20(28)24-23-12-15-5-6-18(22)19(11-15)27(29)30/h1-6,11-12H,7-10,13-14H2,(H,24,28). The molecule has 1 aliphatic heterocycles. The van der Waals surface area contributed by atoms with Crippen LogP contribution >= 0.6 is 23.2 Å². The van der Waals surface area contributed by atoms with Crippen LogP contribution in [0.1, 0.15) is 11.1 Å². The van der Waals surface area contributed by atoms with Crippen molar-refractivity contribution in [3.05, 3.63) is 73.8 Å². The smallest absolute Gasteiger partial charge is 0.288 e. The topological polar surface area (TPSA) is 91.1 Å². The van der Waals surface area contributed by atoms with E-state index in [0.29, 0.717) is 5.56 Å². The van der Waals surface area contributed by atoms with Crippen LogP contribution in [0, 0.1) is 10.1 Å². The molecule has 0 aliphatic carbocycles. The molecule has 0 bridgehead atoms. The lowest BCUT2D eigenvalue weighted by molar-refractivity contribution is -0.384. The van der Waals surface area contributed by atoms with Crippen LogP contribution in [0.3, 0.4) is 0 Å². The first-order valence-corrected chi connectivity index (χ1v) is 10.1. The number of nitro benzene ring substituents is 1. The third-order valence-corrected chi connectivity index (χ3v) is 5.44. The van der Waals surface area contributed by atoms with Gasteiger partial charge in [0.05, 0.1) is 17.7 Å². The Bertz CT molecular complexity index is 946. The monoisotopic (exact) mass is 449 g/mol. The highest BCUT2D eigenvalue weighted by atomic mass is 35.5. The molecule has 0 spiro atoms. The van der Waals surface area contributed by atoms with Crippen LogP contribution in [-0.2, 0) is 11.3 Å². The molecule has 10 heteroatoms. The number of nitrogens with zero attached hydrogens (tertiary/aromatic N) is 4. The highest BCUT2D eigenvalue weighted by Gasteiger charge is 2.19. The number of hydrazone groups is 1. The van der Waals surface area contributed by atoms with E-state index in [0.717, 1.165) is 43.3 Å². The normalized spacial score (nSPS) is 15.4. The van der Waals surface area contributed by atoms with Gasteiger partial charge in [-0.2, -0.15) is 5.10 Å². The van der Waals surface area contributed by atoms with Crippen molar-refractivity contribution in [1.82, 2.24) is 15.2 Å². The second-order valence-corrected chi connectivity index (χ2v) is 7.72. The Kier molecular flexibility index (Phi) is 7.75. The van der Waals surface area contributed by atoms with E-state index in [1.54, 1.807) is 6.07 Å². The number of amides is 1. The maximum Gasteiger partial charge on any atom is 0.288 e. The Morgan fingerprint density at radius 2 is 1.80 bits per heavy atom. The van der Waals surface area contributed by atoms with Crippen molar-refractivity contribution in [2.24, 2.45) is 5.10 Å². The van der Waals surface area contributed by atoms with Gasteiger partial charge in [-0.3, -0.25) is 24.7 Å². The molecule has 30 heavy (non-hydrogen) atoms. The van der Waals surface area contributed by atoms with Gasteiger partial charge in [0, 0.05) is 49.4 Å². The fourth-order valence-corrected chi connectivity index (χ4v) is 3.52. The van der Waals surface area contributed by atoms with E-state index < -0.39 is 4.92 Å². The molecule has 1 N–H and O–H groups in total. The predicted octanol–water partition coefficient (Wildman–Crippen LogP) is 3.17. The Balaban J connectivity index is 1.43. The van der Waals surface area contributed by atoms with Gasteiger partial charge in [-0.05, 0) is 17.7 Å². The van der Waals surface area contributed by atoms with E-state index in [2.05, 4.69) is 20.3 Å². The molecule has 0 atom stereocenters. The van der Waals surface area contributed by atoms with Crippen molar-refractivity contribution >= 4 is 41.0 Å². The maximum absolute atomic E-state index is 12.1. The van der Waals surface area contributed by atoms with Gasteiger partial charge >= 0.3 is 0 Å². The molecule has 1 aliphatic rings. The van der Waals surface area contributed by atoms with E-state index in [1.165, 1.54) is 18.3 Å². The van der Waals surface area contributed by atoms with Crippen LogP contribution in [0.15, 0.2) is 47.6 Å². The lowest BCUT2D eigenvalue weighted by Crippen LogP contribution is -2.48. The van der Waals surface area contributed by atoms with Gasteiger partial charge in [0.15, 0.2) is 0 Å². The number of hydrogen-bond acceptors (Lipinski definition) is 6. The van der Waals surface area contributed by atoms with Crippen LogP contribution < -0.4 is 5.43 Å². The summed E-state index contributed by atoms with van der Waals surface area (Å²) in [5.74, 6) is -0.241. The molecule has 1 fully saturated rings. The predicted molar refractivity (Wildman–Crippen MR) is 117 cm³/mol. The summed E-state index contributed by atoms with van der Waals surface area (Å²) < 4.78 is 0. The zero-order chi connectivity index (χ0) is 21.5. The summed E-state index contributed by atoms with van der Waals surface area (Å²) in [5, 5.41) is 15.6. The molecule has 8 nitrogen and oxygen atoms in total. The molecule has 0 unspecified atom stereocenters. The molecule has 0 radical (unpaired) electrons. The van der Waals surface area contributed by atoms with Crippen molar-refractivity contribution in [2.75, 3.05) is 32.7 Å². The summed E-state index contributed by atoms with van der Waals surface area (Å²) in [6.45, 7) is 4.25. The van der Waals surface area contributed by atoms with Crippen LogP contribution in [0.25, 0.3) is 0 Å². The second kappa shape index (κ2) is 10.5. The number of piperazine rings is 1. The molecule has 3 rings (SSSR count). The zero-order valence-corrected chi connectivity index (χ0v) is 17.6. The lowest BCUT2D eigenvalue weighted by atomic mass is 10.2. The zero-order valence-electron chi connectivity index (χ0n) is 16.1. The first kappa shape index (κ1) is 22.2. The summed E-state index contributed by atoms with van der Waals surface area (Å²) in [5.41, 5.74) is 3.82. The third kappa shape index (κ3) is 6.24. The van der Waals surface area contributed by atoms with Gasteiger partial charge in [0.2, 0.25) is 0 Å². The van der Waals surface area contributed by atoms with Crippen LogP contribution in [0.4, 0.5) is 5.69 Å². The molecule has 0 saturated carbocycles. The Hall–Kier alpha value is -2.52. The number of halogens is 2. The van der Waals surface area contributed by atoms with E-state index in [-0.39, 0.29) is 23.2 Å². The minimum Gasteiger partial charge on any atom is -0.296 e. The minimum atomic E-state index is -0.566. The molecule has 0 aromatic heterocycles. The van der Waals surface area contributed by atoms with Gasteiger partial charge in [-0.25, -0.2) is 5.43 Å². The van der Waals surface area contributed by atoms with Crippen molar-refractivity contribution in [3.63, 3.8) is 0 Å². The maximum atomic E-state index is 12.1. The largest absolute Gasteiger partial charge is 0.296 e. The SMILES string of the molecule is O=C(CN1CCN(Cc2ccccc2Cl)CC1)NN=Cc1ccc(Cl)c([N+](=O)[O-])c1. The van der Waals surface area contributed by atoms with Gasteiger partial charge in [-0.15, -0.1) is 0 Å². The number of nitrogens with one attached hydrogen (secondary N) is 1. The highest BCUT2D eigenvalue weighted by molar-refractivity contribution is 6.32. The van der Waals surface area contributed by atoms with Gasteiger partial charge in [0.25, 0.3) is 11.6 Å². The van der Waals surface area contributed by atoms with Gasteiger partial charge in [-0.1, -0.05) is 47.5 Å². The fourth-order valence-electron chi connectivity index (χ4n) is 3.14. The van der Waals surface area contributed by atoms with Crippen LogP contribution in [-0.4, -0.2) is 59.6 Å². The van der Waals surface area contributed by atoms with Crippen LogP contribution in [0.2, 0.25) is 10.0 Å². The number of rotatable bonds is 7. The first-order valence-electron chi connectivity index (χ1n) is 9.36. The van der Waals surface area contributed by atoms with Gasteiger partial charge in [0.1, 0.15) is 5.02 Å². The quantitative estimate of drug-likeness (QED) is 0.398. The first-order chi connectivity index (χ1) is 14.4. The van der Waals surface area contributed by atoms with E-state index >= 15 is 0 Å². The molecular weight excluding hydrogens is 429 g/mol. The van der Waals surface area contributed by atoms with Gasteiger partial charge < -0.3 is 0 Å². The summed E-state index contributed by atoms with van der Waals surface area (Å²) in [6, 6.07) is 12.1. The Morgan fingerprint density at radius 1 is 1.10 bits per heavy atom. The average Bonchev–Trinajstić information content (AvgIpc) is 2.72. The number of carbonyl (C=O) groups is 1. The lowest BCUT2D eigenvalue weighted by Gasteiger charge is -2.34. The molecule has 1 heterocycles. The summed E-state index contributed by atoms with van der Waals surface area (Å²) >= 11 is 12.0. The van der Waals surface area contributed by atoms with Crippen molar-refractivity contribution in [2.45, 2.75) is 6.54 Å². The molecule has 2 aromatic rings. The fraction of sp³-hybridized carbons (Fsp3) is 0.300. The van der Waals surface area contributed by atoms with E-state index in [9.17, 15) is 14.9 Å². The number of carbonyl (C=O) groups excluding carboxylic acids is 1. The molecule has 158 valence electrons. The van der Waals surface area contributed by atoms with Crippen molar-refractivity contribution < 1.29 is 9.72 Å². The van der Waals surface area contributed by atoms with Crippen molar-refractivity contribution in [1.29, 1.82) is 0 Å². The Morgan fingerprint density at radius 3 is 2.50 bits per heavy atom. The summed E-state index contributed by atoms with van der Waals surface area (Å²) in [6.07, 6.45) is 1.35. The second-order valence-electron chi connectivity index (χ2n) is 6.90. The average molecular weight is 450 g/mol. The number of benzene rings is 2. The van der Waals surface area contributed by atoms with E-state index in [1.807, 2.05) is 24.3 Å². The molecule has 1 saturated heterocycles. The Labute approximate surface area is 184 Å². The number of nitro groups is 1. The molecule has 1 amide bonds. The van der Waals surface area contributed by atoms with Crippen LogP contribution in [0.5, 0.6) is 0 Å². The highest BCUT2D eigenvalue weighted by Crippen LogP contribution is 2.24. The van der Waals surface area contributed by atoms with Crippen molar-refractivity contribution in [3.8, 4) is 0 Å². The summed E-state index contributed by atoms with van der Waals surface area (Å²) in [4.78, 5) is 26.8.